The van der Waals surface area contributed by atoms with Crippen molar-refractivity contribution in [2.24, 2.45) is 17.8 Å². The van der Waals surface area contributed by atoms with Gasteiger partial charge in [-0.15, -0.1) is 0 Å². The number of ether oxygens (including phenoxy) is 5. The van der Waals surface area contributed by atoms with Crippen LogP contribution >= 0.6 is 0 Å². The smallest absolute Gasteiger partial charge is 0.310 e. The fourth-order valence-electron chi connectivity index (χ4n) is 8.29. The molecule has 14 unspecified atom stereocenters. The Kier molecular flexibility index (Phi) is 17.8. The predicted octanol–water partition coefficient (Wildman–Crippen LogP) is 7.15. The summed E-state index contributed by atoms with van der Waals surface area (Å²) in [5, 5.41) is 41.7. The molecule has 3 fully saturated rings. The third-order valence-corrected chi connectivity index (χ3v) is 11.9. The van der Waals surface area contributed by atoms with Gasteiger partial charge in [-0.2, -0.15) is 0 Å². The van der Waals surface area contributed by atoms with E-state index in [0.29, 0.717) is 25.7 Å². The van der Waals surface area contributed by atoms with Crippen molar-refractivity contribution in [2.75, 3.05) is 0 Å². The molecule has 6 rings (SSSR count). The summed E-state index contributed by atoms with van der Waals surface area (Å²) in [5.41, 5.74) is 0.957. The van der Waals surface area contributed by atoms with Crippen molar-refractivity contribution in [1.29, 1.82) is 0 Å². The van der Waals surface area contributed by atoms with Gasteiger partial charge in [0.25, 0.3) is 0 Å². The molecule has 7 bridgehead atoms. The second kappa shape index (κ2) is 22.7. The first-order valence-electron chi connectivity index (χ1n) is 21.4. The molecule has 0 aromatic heterocycles. The van der Waals surface area contributed by atoms with Crippen LogP contribution in [0.2, 0.25) is 0 Å². The molecule has 4 N–H and O–H groups in total. The maximum atomic E-state index is 13.0. The number of hydrogen-bond donors (Lipinski definition) is 4. The number of carboxylic acids is 1. The molecule has 0 aliphatic carbocycles. The number of allylic oxidation sites excluding steroid dienone is 7. The lowest BCUT2D eigenvalue weighted by molar-refractivity contribution is -0.175. The molecule has 14 atom stereocenters. The predicted molar refractivity (Wildman–Crippen MR) is 221 cm³/mol. The number of esters is 1. The molecule has 0 saturated carbocycles. The molecule has 3 saturated heterocycles. The Labute approximate surface area is 344 Å². The Morgan fingerprint density at radius 1 is 0.810 bits per heavy atom. The molecule has 6 aliphatic heterocycles. The maximum Gasteiger partial charge on any atom is 0.310 e. The quantitative estimate of drug-likeness (QED) is 0.118. The molecule has 58 heavy (non-hydrogen) atoms. The summed E-state index contributed by atoms with van der Waals surface area (Å²) in [5.74, 6) is -0.206. The molecule has 6 aliphatic rings. The van der Waals surface area contributed by atoms with Crippen LogP contribution < -0.4 is 0 Å². The van der Waals surface area contributed by atoms with E-state index in [0.717, 1.165) is 37.0 Å². The number of fused-ring (bicyclic) bond motifs is 14. The van der Waals surface area contributed by atoms with Gasteiger partial charge in [0.05, 0.1) is 36.9 Å². The number of aliphatic carboxylic acids is 1. The Morgan fingerprint density at radius 3 is 2.43 bits per heavy atom. The zero-order chi connectivity index (χ0) is 41.6. The van der Waals surface area contributed by atoms with Crippen LogP contribution in [0.1, 0.15) is 98.3 Å². The van der Waals surface area contributed by atoms with Crippen LogP contribution in [0, 0.1) is 17.8 Å². The van der Waals surface area contributed by atoms with Crippen LogP contribution in [-0.2, 0) is 33.3 Å². The van der Waals surface area contributed by atoms with Crippen LogP contribution in [0.25, 0.3) is 0 Å². The van der Waals surface area contributed by atoms with Gasteiger partial charge >= 0.3 is 11.9 Å². The summed E-state index contributed by atoms with van der Waals surface area (Å²) in [4.78, 5) is 24.0. The van der Waals surface area contributed by atoms with E-state index in [1.807, 2.05) is 68.5 Å². The lowest BCUT2D eigenvalue weighted by Gasteiger charge is -2.40. The number of aliphatic hydroxyl groups excluding tert-OH is 3. The number of aliphatic hydroxyl groups is 3. The lowest BCUT2D eigenvalue weighted by atomic mass is 9.86. The first-order valence-corrected chi connectivity index (χ1v) is 21.4. The summed E-state index contributed by atoms with van der Waals surface area (Å²) in [6.45, 7) is 8.15. The highest BCUT2D eigenvalue weighted by atomic mass is 16.6. The SMILES string of the molecule is CC(=CC(C)CCCCC(=O)O)C1OC2C=CC1OC(=O)CC=CC=C/C=C1\OC3CC1OC(C=CCC1OC(CC(O)C1C)C(O)C(O)/C=C\CCC=CC2)C3C. The molecule has 11 heteroatoms. The Hall–Kier alpha value is -3.58. The number of carboxylic acid groups (broad SMARTS) is 1. The third-order valence-electron chi connectivity index (χ3n) is 11.9. The lowest BCUT2D eigenvalue weighted by Crippen LogP contribution is -2.50. The molecule has 0 aromatic carbocycles. The highest BCUT2D eigenvalue weighted by molar-refractivity contribution is 5.71. The zero-order valence-electron chi connectivity index (χ0n) is 34.6. The minimum Gasteiger partial charge on any atom is -0.491 e. The summed E-state index contributed by atoms with van der Waals surface area (Å²) >= 11 is 0. The minimum atomic E-state index is -1.18. The average Bonchev–Trinajstić information content (AvgIpc) is 3.54. The van der Waals surface area contributed by atoms with Gasteiger partial charge in [0.15, 0.2) is 0 Å². The Bertz CT molecular complexity index is 1590. The van der Waals surface area contributed by atoms with Crippen LogP contribution in [0.4, 0.5) is 0 Å². The van der Waals surface area contributed by atoms with Crippen molar-refractivity contribution in [3.05, 3.63) is 96.4 Å². The molecule has 0 amide bonds. The van der Waals surface area contributed by atoms with Crippen LogP contribution in [0.3, 0.4) is 0 Å². The van der Waals surface area contributed by atoms with Crippen molar-refractivity contribution >= 4 is 11.9 Å². The van der Waals surface area contributed by atoms with E-state index < -0.39 is 42.6 Å². The second-order valence-corrected chi connectivity index (χ2v) is 16.6. The van der Waals surface area contributed by atoms with E-state index in [2.05, 4.69) is 32.1 Å². The Morgan fingerprint density at radius 2 is 1.62 bits per heavy atom. The van der Waals surface area contributed by atoms with Gasteiger partial charge < -0.3 is 44.1 Å². The van der Waals surface area contributed by atoms with Gasteiger partial charge in [0, 0.05) is 31.1 Å². The molecule has 0 spiro atoms. The fourth-order valence-corrected chi connectivity index (χ4v) is 8.29. The van der Waals surface area contributed by atoms with Gasteiger partial charge in [0.1, 0.15) is 42.4 Å². The van der Waals surface area contributed by atoms with E-state index in [9.17, 15) is 24.9 Å². The van der Waals surface area contributed by atoms with Gasteiger partial charge in [-0.1, -0.05) is 100 Å². The van der Waals surface area contributed by atoms with Crippen LogP contribution in [0.15, 0.2) is 96.4 Å². The van der Waals surface area contributed by atoms with E-state index in [-0.39, 0.29) is 73.5 Å². The molecule has 320 valence electrons. The van der Waals surface area contributed by atoms with E-state index in [4.69, 9.17) is 28.8 Å². The van der Waals surface area contributed by atoms with Crippen molar-refractivity contribution in [1.82, 2.24) is 0 Å². The van der Waals surface area contributed by atoms with Gasteiger partial charge in [-0.05, 0) is 69.1 Å². The summed E-state index contributed by atoms with van der Waals surface area (Å²) < 4.78 is 31.5. The first-order chi connectivity index (χ1) is 27.9. The summed E-state index contributed by atoms with van der Waals surface area (Å²) in [7, 11) is 0. The van der Waals surface area contributed by atoms with E-state index in [1.165, 1.54) is 0 Å². The first kappa shape index (κ1) is 45.5. The zero-order valence-corrected chi connectivity index (χ0v) is 34.6. The molecule has 0 radical (unpaired) electrons. The van der Waals surface area contributed by atoms with Gasteiger partial charge in [0.2, 0.25) is 0 Å². The van der Waals surface area contributed by atoms with Crippen LogP contribution in [0.5, 0.6) is 0 Å². The molecule has 11 nitrogen and oxygen atoms in total. The highest BCUT2D eigenvalue weighted by Gasteiger charge is 2.44. The van der Waals surface area contributed by atoms with Crippen LogP contribution in [-0.4, -0.2) is 99.5 Å². The molecular weight excluding hydrogens is 741 g/mol. The highest BCUT2D eigenvalue weighted by Crippen LogP contribution is 2.40. The monoisotopic (exact) mass is 806 g/mol. The topological polar surface area (TPSA) is 161 Å². The number of hydrogen-bond acceptors (Lipinski definition) is 10. The van der Waals surface area contributed by atoms with E-state index in [1.54, 1.807) is 12.2 Å². The number of carbonyl (C=O) groups is 2. The average molecular weight is 807 g/mol. The maximum absolute atomic E-state index is 13.0. The van der Waals surface area contributed by atoms with E-state index >= 15 is 0 Å². The molecule has 6 heterocycles. The van der Waals surface area contributed by atoms with Gasteiger partial charge in [-0.25, -0.2) is 0 Å². The molecule has 0 aromatic rings. The minimum absolute atomic E-state index is 0.0200. The normalized spacial score (nSPS) is 38.6. The molecular formula is C47H66O11. The number of rotatable bonds is 7. The standard InChI is InChI=1S/C47H66O11/c1-30(17-14-15-23-44(50)51)27-31(2)47-40-26-25-34(54-47)18-10-6-5-7-11-19-35(48)46(53)43-28-36(49)32(3)37(56-43)21-16-22-38-33(4)41-29-42(55-38)39(57-41)20-12-8-9-13-24-45(52)58-40/h6,8-13,16,19-20,22,25-27,30,32-38,40-43,46-49,53H,5,7,14-15,17-18,21,23-24,28-29H2,1-4H3,(H,50,51)/b10-6?,12-8?,13-9?,19-11-,22-16?,31-27?,39-20-. The van der Waals surface area contributed by atoms with Crippen molar-refractivity contribution in [3.63, 3.8) is 0 Å². The van der Waals surface area contributed by atoms with Crippen molar-refractivity contribution < 1.29 is 53.7 Å². The van der Waals surface area contributed by atoms with Gasteiger partial charge in [-0.3, -0.25) is 9.59 Å². The second-order valence-electron chi connectivity index (χ2n) is 16.6. The Balaban J connectivity index is 1.29. The number of carbonyl (C=O) groups excluding carboxylic acids is 1. The van der Waals surface area contributed by atoms with Crippen molar-refractivity contribution in [3.8, 4) is 0 Å². The largest absolute Gasteiger partial charge is 0.491 e. The third kappa shape index (κ3) is 13.5. The van der Waals surface area contributed by atoms with Crippen molar-refractivity contribution in [2.45, 2.75) is 165 Å². The summed E-state index contributed by atoms with van der Waals surface area (Å²) in [6.07, 6.45) is 27.3. The number of unbranched alkanes of at least 4 members (excludes halogenated alkanes) is 1. The summed E-state index contributed by atoms with van der Waals surface area (Å²) in [6, 6.07) is 0. The fraction of sp³-hybridized carbons (Fsp3) is 0.617.